The van der Waals surface area contributed by atoms with Crippen molar-refractivity contribution in [3.05, 3.63) is 29.8 Å². The Labute approximate surface area is 142 Å². The molecule has 0 bridgehead atoms. The van der Waals surface area contributed by atoms with Crippen molar-refractivity contribution < 1.29 is 9.47 Å². The minimum Gasteiger partial charge on any atom is -0.464 e. The fraction of sp³-hybridized carbons (Fsp3) is 0.714. The van der Waals surface area contributed by atoms with Gasteiger partial charge in [0.2, 0.25) is 6.29 Å². The molecule has 2 atom stereocenters. The van der Waals surface area contributed by atoms with E-state index in [1.54, 1.807) is 0 Å². The van der Waals surface area contributed by atoms with Crippen LogP contribution in [0.1, 0.15) is 84.6 Å². The molecule has 0 spiro atoms. The lowest BCUT2D eigenvalue weighted by Gasteiger charge is -2.35. The van der Waals surface area contributed by atoms with Crippen LogP contribution in [-0.2, 0) is 4.74 Å². The summed E-state index contributed by atoms with van der Waals surface area (Å²) in [5.74, 6) is 1.49. The number of hydrogen-bond acceptors (Lipinski definition) is 2. The Bertz CT molecular complexity index is 469. The molecular weight excluding hydrogens is 284 g/mol. The summed E-state index contributed by atoms with van der Waals surface area (Å²) in [6.07, 6.45) is 7.55. The van der Waals surface area contributed by atoms with Gasteiger partial charge in [0, 0.05) is 5.41 Å². The second kappa shape index (κ2) is 8.19. The molecule has 0 aliphatic heterocycles. The molecule has 130 valence electrons. The molecule has 0 saturated heterocycles. The highest BCUT2D eigenvalue weighted by atomic mass is 16.7. The molecule has 2 nitrogen and oxygen atoms in total. The lowest BCUT2D eigenvalue weighted by atomic mass is 9.94. The Morgan fingerprint density at radius 2 is 1.83 bits per heavy atom. The molecule has 2 heteroatoms. The van der Waals surface area contributed by atoms with Crippen LogP contribution in [0.3, 0.4) is 0 Å². The molecule has 0 amide bonds. The molecule has 0 N–H and O–H groups in total. The first-order valence-corrected chi connectivity index (χ1v) is 9.32. The summed E-state index contributed by atoms with van der Waals surface area (Å²) in [5.41, 5.74) is 1.31. The molecule has 1 aromatic carbocycles. The number of ether oxygens (including phenoxy) is 2. The van der Waals surface area contributed by atoms with Crippen LogP contribution < -0.4 is 4.74 Å². The third-order valence-corrected chi connectivity index (χ3v) is 4.86. The van der Waals surface area contributed by atoms with E-state index in [0.29, 0.717) is 12.0 Å². The molecule has 2 unspecified atom stereocenters. The van der Waals surface area contributed by atoms with Crippen molar-refractivity contribution in [1.29, 1.82) is 0 Å². The summed E-state index contributed by atoms with van der Waals surface area (Å²) in [7, 11) is 0. The molecule has 1 fully saturated rings. The highest BCUT2D eigenvalue weighted by molar-refractivity contribution is 5.30. The summed E-state index contributed by atoms with van der Waals surface area (Å²) in [5, 5.41) is 0. The van der Waals surface area contributed by atoms with E-state index in [1.807, 2.05) is 0 Å². The molecule has 1 aromatic rings. The van der Waals surface area contributed by atoms with E-state index >= 15 is 0 Å². The first-order chi connectivity index (χ1) is 10.9. The minimum atomic E-state index is -0.196. The lowest BCUT2D eigenvalue weighted by molar-refractivity contribution is -0.177. The largest absolute Gasteiger partial charge is 0.464 e. The zero-order chi connectivity index (χ0) is 16.9. The highest BCUT2D eigenvalue weighted by Gasteiger charge is 2.31. The van der Waals surface area contributed by atoms with Crippen molar-refractivity contribution in [3.8, 4) is 5.75 Å². The predicted molar refractivity (Wildman–Crippen MR) is 97.0 cm³/mol. The fourth-order valence-corrected chi connectivity index (χ4v) is 3.04. The molecule has 0 aromatic heterocycles. The zero-order valence-corrected chi connectivity index (χ0v) is 15.6. The quantitative estimate of drug-likeness (QED) is 0.573. The van der Waals surface area contributed by atoms with Crippen LogP contribution >= 0.6 is 0 Å². The summed E-state index contributed by atoms with van der Waals surface area (Å²) >= 11 is 0. The Morgan fingerprint density at radius 3 is 2.43 bits per heavy atom. The van der Waals surface area contributed by atoms with Gasteiger partial charge in [-0.05, 0) is 42.9 Å². The maximum absolute atomic E-state index is 6.36. The van der Waals surface area contributed by atoms with Gasteiger partial charge in [-0.3, -0.25) is 0 Å². The minimum absolute atomic E-state index is 0.0379. The van der Waals surface area contributed by atoms with Crippen LogP contribution in [0.25, 0.3) is 0 Å². The standard InChI is InChI=1S/C21H34O2/c1-6-16(2)17-11-10-14-19(15-17)23-20(21(3,4)5)22-18-12-8-7-9-13-18/h10-11,14-16,18,20H,6-9,12-13H2,1-5H3. The van der Waals surface area contributed by atoms with Crippen LogP contribution in [0.4, 0.5) is 0 Å². The number of hydrogen-bond donors (Lipinski definition) is 0. The van der Waals surface area contributed by atoms with Crippen molar-refractivity contribution in [3.63, 3.8) is 0 Å². The molecule has 0 radical (unpaired) electrons. The van der Waals surface area contributed by atoms with Crippen LogP contribution in [-0.4, -0.2) is 12.4 Å². The van der Waals surface area contributed by atoms with Crippen molar-refractivity contribution in [2.24, 2.45) is 5.41 Å². The SMILES string of the molecule is CCC(C)c1cccc(OC(OC2CCCCC2)C(C)(C)C)c1. The molecule has 0 heterocycles. The van der Waals surface area contributed by atoms with Gasteiger partial charge >= 0.3 is 0 Å². The molecule has 2 rings (SSSR count). The maximum Gasteiger partial charge on any atom is 0.204 e. The van der Waals surface area contributed by atoms with Gasteiger partial charge in [-0.2, -0.15) is 0 Å². The fourth-order valence-electron chi connectivity index (χ4n) is 3.04. The molecule has 1 saturated carbocycles. The first-order valence-electron chi connectivity index (χ1n) is 9.32. The van der Waals surface area contributed by atoms with E-state index in [2.05, 4.69) is 58.9 Å². The summed E-state index contributed by atoms with van der Waals surface area (Å²) in [4.78, 5) is 0. The van der Waals surface area contributed by atoms with Crippen LogP contribution in [0.5, 0.6) is 5.75 Å². The Hall–Kier alpha value is -1.02. The number of benzene rings is 1. The molecule has 23 heavy (non-hydrogen) atoms. The second-order valence-electron chi connectivity index (χ2n) is 8.09. The van der Waals surface area contributed by atoms with Gasteiger partial charge < -0.3 is 9.47 Å². The Kier molecular flexibility index (Phi) is 6.52. The van der Waals surface area contributed by atoms with E-state index in [-0.39, 0.29) is 11.7 Å². The van der Waals surface area contributed by atoms with Crippen LogP contribution in [0, 0.1) is 5.41 Å². The maximum atomic E-state index is 6.36. The molecule has 1 aliphatic rings. The van der Waals surface area contributed by atoms with E-state index in [0.717, 1.165) is 12.2 Å². The Balaban J connectivity index is 2.08. The highest BCUT2D eigenvalue weighted by Crippen LogP contribution is 2.31. The van der Waals surface area contributed by atoms with E-state index in [4.69, 9.17) is 9.47 Å². The Morgan fingerprint density at radius 1 is 1.13 bits per heavy atom. The average Bonchev–Trinajstić information content (AvgIpc) is 2.54. The summed E-state index contributed by atoms with van der Waals surface area (Å²) in [6, 6.07) is 8.51. The van der Waals surface area contributed by atoms with Crippen molar-refractivity contribution in [2.75, 3.05) is 0 Å². The zero-order valence-electron chi connectivity index (χ0n) is 15.6. The third kappa shape index (κ3) is 5.53. The van der Waals surface area contributed by atoms with E-state index in [1.165, 1.54) is 37.7 Å². The topological polar surface area (TPSA) is 18.5 Å². The van der Waals surface area contributed by atoms with E-state index < -0.39 is 0 Å². The second-order valence-corrected chi connectivity index (χ2v) is 8.09. The van der Waals surface area contributed by atoms with Gasteiger partial charge in [-0.1, -0.05) is 66.0 Å². The van der Waals surface area contributed by atoms with Crippen molar-refractivity contribution >= 4 is 0 Å². The van der Waals surface area contributed by atoms with Gasteiger partial charge in [0.05, 0.1) is 6.10 Å². The first kappa shape index (κ1) is 18.3. The van der Waals surface area contributed by atoms with Gasteiger partial charge in [0.25, 0.3) is 0 Å². The summed E-state index contributed by atoms with van der Waals surface area (Å²) < 4.78 is 12.7. The predicted octanol–water partition coefficient (Wildman–Crippen LogP) is 6.30. The molecular formula is C21H34O2. The van der Waals surface area contributed by atoms with Gasteiger partial charge in [-0.15, -0.1) is 0 Å². The van der Waals surface area contributed by atoms with Crippen LogP contribution in [0.2, 0.25) is 0 Å². The van der Waals surface area contributed by atoms with Crippen molar-refractivity contribution in [1.82, 2.24) is 0 Å². The lowest BCUT2D eigenvalue weighted by Crippen LogP contribution is -2.38. The van der Waals surface area contributed by atoms with Gasteiger partial charge in [0.1, 0.15) is 5.75 Å². The normalized spacial score (nSPS) is 19.3. The third-order valence-electron chi connectivity index (χ3n) is 4.86. The van der Waals surface area contributed by atoms with Crippen molar-refractivity contribution in [2.45, 2.75) is 91.5 Å². The summed E-state index contributed by atoms with van der Waals surface area (Å²) in [6.45, 7) is 11.1. The van der Waals surface area contributed by atoms with Crippen LogP contribution in [0.15, 0.2) is 24.3 Å². The smallest absolute Gasteiger partial charge is 0.204 e. The average molecular weight is 319 g/mol. The molecule has 1 aliphatic carbocycles. The number of rotatable bonds is 6. The van der Waals surface area contributed by atoms with Gasteiger partial charge in [-0.25, -0.2) is 0 Å². The van der Waals surface area contributed by atoms with E-state index in [9.17, 15) is 0 Å². The van der Waals surface area contributed by atoms with Gasteiger partial charge in [0.15, 0.2) is 0 Å². The monoisotopic (exact) mass is 318 g/mol.